The van der Waals surface area contributed by atoms with E-state index in [1.807, 2.05) is 0 Å². The Morgan fingerprint density at radius 3 is 3.00 bits per heavy atom. The van der Waals surface area contributed by atoms with Gasteiger partial charge in [0.25, 0.3) is 0 Å². The first kappa shape index (κ1) is 9.71. The molecule has 1 saturated carbocycles. The minimum absolute atomic E-state index is 0.131. The van der Waals surface area contributed by atoms with Crippen molar-refractivity contribution in [2.45, 2.75) is 26.2 Å². The molecule has 14 heavy (non-hydrogen) atoms. The predicted molar refractivity (Wildman–Crippen MR) is 53.7 cm³/mol. The molecular formula is C11H17NO2. The molecular weight excluding hydrogens is 178 g/mol. The molecule has 0 aromatic rings. The summed E-state index contributed by atoms with van der Waals surface area (Å²) in [5.74, 6) is 0.397. The van der Waals surface area contributed by atoms with Gasteiger partial charge in [0, 0.05) is 0 Å². The molecule has 1 fully saturated rings. The molecule has 3 atom stereocenters. The van der Waals surface area contributed by atoms with Gasteiger partial charge in [0.05, 0.1) is 6.42 Å². The third kappa shape index (κ3) is 1.27. The summed E-state index contributed by atoms with van der Waals surface area (Å²) in [6, 6.07) is 0. The summed E-state index contributed by atoms with van der Waals surface area (Å²) in [7, 11) is 0. The summed E-state index contributed by atoms with van der Waals surface area (Å²) in [6.07, 6.45) is 4.61. The van der Waals surface area contributed by atoms with Crippen molar-refractivity contribution in [2.24, 2.45) is 23.0 Å². The maximum atomic E-state index is 10.8. The third-order valence-electron chi connectivity index (χ3n) is 3.84. The number of hydrogen-bond acceptors (Lipinski definition) is 2. The van der Waals surface area contributed by atoms with Gasteiger partial charge in [-0.15, -0.1) is 0 Å². The lowest BCUT2D eigenvalue weighted by atomic mass is 9.53. The topological polar surface area (TPSA) is 63.3 Å². The molecule has 0 saturated heterocycles. The summed E-state index contributed by atoms with van der Waals surface area (Å²) in [5.41, 5.74) is 7.00. The lowest BCUT2D eigenvalue weighted by Crippen LogP contribution is -2.51. The van der Waals surface area contributed by atoms with Crippen LogP contribution in [0.15, 0.2) is 11.6 Å². The fraction of sp³-hybridized carbons (Fsp3) is 0.727. The molecule has 0 aromatic carbocycles. The second-order valence-corrected chi connectivity index (χ2v) is 4.84. The lowest BCUT2D eigenvalue weighted by molar-refractivity contribution is -0.144. The highest BCUT2D eigenvalue weighted by Crippen LogP contribution is 2.59. The van der Waals surface area contributed by atoms with Crippen LogP contribution in [0.4, 0.5) is 0 Å². The molecule has 3 unspecified atom stereocenters. The quantitative estimate of drug-likeness (QED) is 0.669. The number of rotatable bonds is 3. The van der Waals surface area contributed by atoms with Gasteiger partial charge in [-0.1, -0.05) is 11.6 Å². The Morgan fingerprint density at radius 1 is 1.79 bits per heavy atom. The highest BCUT2D eigenvalue weighted by molar-refractivity contribution is 5.68. The number of carbonyl (C=O) groups is 1. The average molecular weight is 195 g/mol. The molecule has 0 aliphatic heterocycles. The SMILES string of the molecule is CC1=CC2C(C1)CC2(CN)CC(=O)O. The van der Waals surface area contributed by atoms with Crippen LogP contribution in [-0.2, 0) is 4.79 Å². The number of carboxylic acid groups (broad SMARTS) is 1. The number of carboxylic acids is 1. The molecule has 2 aliphatic carbocycles. The van der Waals surface area contributed by atoms with Crippen LogP contribution in [0.25, 0.3) is 0 Å². The Morgan fingerprint density at radius 2 is 2.50 bits per heavy atom. The van der Waals surface area contributed by atoms with Gasteiger partial charge >= 0.3 is 5.97 Å². The van der Waals surface area contributed by atoms with Gasteiger partial charge in [-0.3, -0.25) is 4.79 Å². The van der Waals surface area contributed by atoms with Gasteiger partial charge < -0.3 is 10.8 Å². The summed E-state index contributed by atoms with van der Waals surface area (Å²) in [5, 5.41) is 8.85. The number of allylic oxidation sites excluding steroid dienone is 2. The van der Waals surface area contributed by atoms with Crippen molar-refractivity contribution in [3.63, 3.8) is 0 Å². The van der Waals surface area contributed by atoms with Gasteiger partial charge in [-0.2, -0.15) is 0 Å². The van der Waals surface area contributed by atoms with Crippen LogP contribution >= 0.6 is 0 Å². The van der Waals surface area contributed by atoms with Crippen molar-refractivity contribution < 1.29 is 9.90 Å². The van der Waals surface area contributed by atoms with E-state index in [1.54, 1.807) is 0 Å². The zero-order valence-corrected chi connectivity index (χ0v) is 8.49. The number of fused-ring (bicyclic) bond motifs is 1. The minimum atomic E-state index is -0.716. The van der Waals surface area contributed by atoms with Crippen molar-refractivity contribution in [1.82, 2.24) is 0 Å². The predicted octanol–water partition coefficient (Wildman–Crippen LogP) is 1.39. The van der Waals surface area contributed by atoms with Crippen molar-refractivity contribution >= 4 is 5.97 Å². The Balaban J connectivity index is 2.13. The minimum Gasteiger partial charge on any atom is -0.481 e. The lowest BCUT2D eigenvalue weighted by Gasteiger charge is -2.51. The molecule has 0 amide bonds. The highest BCUT2D eigenvalue weighted by atomic mass is 16.4. The molecule has 0 aromatic heterocycles. The maximum absolute atomic E-state index is 10.8. The maximum Gasteiger partial charge on any atom is 0.303 e. The second-order valence-electron chi connectivity index (χ2n) is 4.84. The summed E-state index contributed by atoms with van der Waals surface area (Å²) in [4.78, 5) is 10.8. The van der Waals surface area contributed by atoms with Gasteiger partial charge in [0.2, 0.25) is 0 Å². The first-order valence-corrected chi connectivity index (χ1v) is 5.16. The van der Waals surface area contributed by atoms with Crippen LogP contribution in [0, 0.1) is 17.3 Å². The molecule has 78 valence electrons. The molecule has 0 bridgehead atoms. The standard InChI is InChI=1S/C11H17NO2/c1-7-2-8-4-11(6-12,5-10(13)14)9(8)3-7/h3,8-9H,2,4-6,12H2,1H3,(H,13,14). The third-order valence-corrected chi connectivity index (χ3v) is 3.84. The Bertz CT molecular complexity index is 298. The van der Waals surface area contributed by atoms with Crippen LogP contribution < -0.4 is 5.73 Å². The summed E-state index contributed by atoms with van der Waals surface area (Å²) >= 11 is 0. The van der Waals surface area contributed by atoms with Crippen molar-refractivity contribution in [2.75, 3.05) is 6.54 Å². The molecule has 2 rings (SSSR count). The first-order chi connectivity index (χ1) is 6.57. The van der Waals surface area contributed by atoms with Gasteiger partial charge in [-0.25, -0.2) is 0 Å². The second kappa shape index (κ2) is 3.09. The molecule has 0 heterocycles. The highest BCUT2D eigenvalue weighted by Gasteiger charge is 2.54. The summed E-state index contributed by atoms with van der Waals surface area (Å²) < 4.78 is 0. The number of nitrogens with two attached hydrogens (primary N) is 1. The van der Waals surface area contributed by atoms with E-state index in [9.17, 15) is 4.79 Å². The van der Waals surface area contributed by atoms with E-state index in [0.717, 1.165) is 12.8 Å². The fourth-order valence-electron chi connectivity index (χ4n) is 3.21. The smallest absolute Gasteiger partial charge is 0.303 e. The molecule has 3 nitrogen and oxygen atoms in total. The van der Waals surface area contributed by atoms with E-state index in [1.165, 1.54) is 5.57 Å². The van der Waals surface area contributed by atoms with E-state index in [4.69, 9.17) is 10.8 Å². The van der Waals surface area contributed by atoms with E-state index >= 15 is 0 Å². The van der Waals surface area contributed by atoms with E-state index in [-0.39, 0.29) is 11.8 Å². The largest absolute Gasteiger partial charge is 0.481 e. The van der Waals surface area contributed by atoms with Crippen LogP contribution in [0.2, 0.25) is 0 Å². The molecule has 0 spiro atoms. The summed E-state index contributed by atoms with van der Waals surface area (Å²) in [6.45, 7) is 2.63. The molecule has 3 heteroatoms. The van der Waals surface area contributed by atoms with Crippen LogP contribution in [0.5, 0.6) is 0 Å². The van der Waals surface area contributed by atoms with Crippen molar-refractivity contribution in [3.05, 3.63) is 11.6 Å². The average Bonchev–Trinajstić information content (AvgIpc) is 2.39. The van der Waals surface area contributed by atoms with Gasteiger partial charge in [-0.05, 0) is 43.6 Å². The zero-order valence-electron chi connectivity index (χ0n) is 8.49. The van der Waals surface area contributed by atoms with Crippen molar-refractivity contribution in [1.29, 1.82) is 0 Å². The fourth-order valence-corrected chi connectivity index (χ4v) is 3.21. The molecule has 3 N–H and O–H groups in total. The monoisotopic (exact) mass is 195 g/mol. The Labute approximate surface area is 84.0 Å². The van der Waals surface area contributed by atoms with E-state index in [0.29, 0.717) is 18.4 Å². The number of hydrogen-bond donors (Lipinski definition) is 2. The van der Waals surface area contributed by atoms with Crippen LogP contribution in [0.3, 0.4) is 0 Å². The van der Waals surface area contributed by atoms with Crippen LogP contribution in [-0.4, -0.2) is 17.6 Å². The molecule has 2 aliphatic rings. The van der Waals surface area contributed by atoms with Crippen molar-refractivity contribution in [3.8, 4) is 0 Å². The van der Waals surface area contributed by atoms with Gasteiger partial charge in [0.1, 0.15) is 0 Å². The zero-order chi connectivity index (χ0) is 10.3. The Hall–Kier alpha value is -0.830. The van der Waals surface area contributed by atoms with Gasteiger partial charge in [0.15, 0.2) is 0 Å². The normalized spacial score (nSPS) is 40.0. The van der Waals surface area contributed by atoms with Crippen LogP contribution in [0.1, 0.15) is 26.2 Å². The van der Waals surface area contributed by atoms with E-state index < -0.39 is 5.97 Å². The molecule has 0 radical (unpaired) electrons. The first-order valence-electron chi connectivity index (χ1n) is 5.16. The van der Waals surface area contributed by atoms with E-state index in [2.05, 4.69) is 13.0 Å². The number of aliphatic carboxylic acids is 1. The Kier molecular flexibility index (Phi) is 2.14.